The lowest BCUT2D eigenvalue weighted by Gasteiger charge is -2.16. The van der Waals surface area contributed by atoms with E-state index in [1.54, 1.807) is 20.3 Å². The predicted molar refractivity (Wildman–Crippen MR) is 63.7 cm³/mol. The molecule has 4 heteroatoms. The van der Waals surface area contributed by atoms with Crippen LogP contribution in [0.25, 0.3) is 0 Å². The van der Waals surface area contributed by atoms with E-state index < -0.39 is 0 Å². The molecule has 0 fully saturated rings. The van der Waals surface area contributed by atoms with Gasteiger partial charge in [0.05, 0.1) is 14.2 Å². The molecular weight excluding hydrogens is 228 g/mol. The number of hydrogen-bond donors (Lipinski definition) is 0. The molecule has 0 radical (unpaired) electrons. The van der Waals surface area contributed by atoms with Crippen LogP contribution in [0.15, 0.2) is 12.1 Å². The molecule has 0 spiro atoms. The highest BCUT2D eigenvalue weighted by molar-refractivity contribution is 6.33. The van der Waals surface area contributed by atoms with Crippen molar-refractivity contribution in [2.75, 3.05) is 14.2 Å². The molecule has 1 atom stereocenters. The summed E-state index contributed by atoms with van der Waals surface area (Å²) in [5, 5.41) is 0.445. The van der Waals surface area contributed by atoms with Crippen LogP contribution in [0.4, 0.5) is 0 Å². The number of halogens is 1. The van der Waals surface area contributed by atoms with E-state index in [9.17, 15) is 4.79 Å². The summed E-state index contributed by atoms with van der Waals surface area (Å²) in [5.74, 6) is 1.23. The summed E-state index contributed by atoms with van der Waals surface area (Å²) in [5.41, 5.74) is 0.917. The van der Waals surface area contributed by atoms with Crippen LogP contribution in [0, 0.1) is 0 Å². The zero-order valence-electron chi connectivity index (χ0n) is 9.62. The minimum absolute atomic E-state index is 0.0795. The van der Waals surface area contributed by atoms with E-state index in [0.29, 0.717) is 22.9 Å². The van der Waals surface area contributed by atoms with Crippen LogP contribution in [-0.4, -0.2) is 20.5 Å². The van der Waals surface area contributed by atoms with Crippen molar-refractivity contribution in [3.63, 3.8) is 0 Å². The quantitative estimate of drug-likeness (QED) is 0.745. The number of hydrogen-bond acceptors (Lipinski definition) is 3. The molecule has 16 heavy (non-hydrogen) atoms. The molecule has 3 nitrogen and oxygen atoms in total. The Kier molecular flexibility index (Phi) is 4.62. The molecule has 0 aromatic heterocycles. The zero-order chi connectivity index (χ0) is 12.1. The van der Waals surface area contributed by atoms with E-state index >= 15 is 0 Å². The number of aldehydes is 1. The van der Waals surface area contributed by atoms with Gasteiger partial charge in [-0.1, -0.05) is 24.6 Å². The first-order valence-electron chi connectivity index (χ1n) is 4.99. The molecule has 0 aliphatic heterocycles. The second-order valence-corrected chi connectivity index (χ2v) is 3.89. The van der Waals surface area contributed by atoms with Crippen LogP contribution in [0.5, 0.6) is 11.5 Å². The fourth-order valence-corrected chi connectivity index (χ4v) is 1.90. The number of rotatable bonds is 5. The summed E-state index contributed by atoms with van der Waals surface area (Å²) in [7, 11) is 3.10. The van der Waals surface area contributed by atoms with Crippen LogP contribution in [0.2, 0.25) is 5.02 Å². The first-order valence-corrected chi connectivity index (χ1v) is 5.37. The number of carbonyl (C=O) groups is 1. The van der Waals surface area contributed by atoms with Crippen molar-refractivity contribution in [2.24, 2.45) is 0 Å². The molecule has 1 unspecified atom stereocenters. The molecule has 0 saturated heterocycles. The molecule has 1 rings (SSSR count). The van der Waals surface area contributed by atoms with E-state index in [0.717, 1.165) is 11.8 Å². The fourth-order valence-electron chi connectivity index (χ4n) is 1.58. The van der Waals surface area contributed by atoms with Crippen LogP contribution in [0.3, 0.4) is 0 Å². The van der Waals surface area contributed by atoms with Gasteiger partial charge in [-0.15, -0.1) is 0 Å². The van der Waals surface area contributed by atoms with Crippen molar-refractivity contribution < 1.29 is 14.3 Å². The lowest BCUT2D eigenvalue weighted by Crippen LogP contribution is -2.00. The maximum absolute atomic E-state index is 10.5. The van der Waals surface area contributed by atoms with Gasteiger partial charge in [0.1, 0.15) is 22.8 Å². The molecule has 0 aliphatic carbocycles. The van der Waals surface area contributed by atoms with Crippen molar-refractivity contribution in [3.05, 3.63) is 22.7 Å². The van der Waals surface area contributed by atoms with E-state index in [1.165, 1.54) is 0 Å². The molecular formula is C12H15ClO3. The standard InChI is InChI=1S/C12H15ClO3/c1-8(6-7-14)9-4-5-10(15-2)11(13)12(9)16-3/h4-5,7-8H,6H2,1-3H3. The summed E-state index contributed by atoms with van der Waals surface area (Å²) in [6.07, 6.45) is 1.33. The summed E-state index contributed by atoms with van der Waals surface area (Å²) in [6.45, 7) is 1.95. The molecule has 0 saturated carbocycles. The van der Waals surface area contributed by atoms with Gasteiger partial charge in [-0.2, -0.15) is 0 Å². The van der Waals surface area contributed by atoms with Gasteiger partial charge < -0.3 is 14.3 Å². The maximum Gasteiger partial charge on any atom is 0.144 e. The van der Waals surface area contributed by atoms with Gasteiger partial charge in [0.25, 0.3) is 0 Å². The highest BCUT2D eigenvalue weighted by Crippen LogP contribution is 2.40. The monoisotopic (exact) mass is 242 g/mol. The van der Waals surface area contributed by atoms with Gasteiger partial charge in [-0.25, -0.2) is 0 Å². The SMILES string of the molecule is COc1ccc(C(C)CC=O)c(OC)c1Cl. The molecule has 0 aliphatic rings. The number of carbonyl (C=O) groups excluding carboxylic acids is 1. The summed E-state index contributed by atoms with van der Waals surface area (Å²) < 4.78 is 10.4. The minimum atomic E-state index is 0.0795. The Morgan fingerprint density at radius 1 is 1.38 bits per heavy atom. The van der Waals surface area contributed by atoms with E-state index in [2.05, 4.69) is 0 Å². The molecule has 0 heterocycles. The van der Waals surface area contributed by atoms with Crippen LogP contribution >= 0.6 is 11.6 Å². The first-order chi connectivity index (χ1) is 7.65. The Morgan fingerprint density at radius 3 is 2.56 bits per heavy atom. The van der Waals surface area contributed by atoms with Crippen molar-refractivity contribution in [1.82, 2.24) is 0 Å². The Labute approximate surface area is 100 Å². The Morgan fingerprint density at radius 2 is 2.06 bits per heavy atom. The van der Waals surface area contributed by atoms with Crippen molar-refractivity contribution in [2.45, 2.75) is 19.3 Å². The lowest BCUT2D eigenvalue weighted by atomic mass is 9.97. The third-order valence-electron chi connectivity index (χ3n) is 2.50. The van der Waals surface area contributed by atoms with Gasteiger partial charge in [0.2, 0.25) is 0 Å². The van der Waals surface area contributed by atoms with Crippen LogP contribution in [0.1, 0.15) is 24.8 Å². The van der Waals surface area contributed by atoms with Crippen molar-refractivity contribution in [3.8, 4) is 11.5 Å². The number of ether oxygens (including phenoxy) is 2. The third kappa shape index (κ3) is 2.47. The molecule has 0 N–H and O–H groups in total. The topological polar surface area (TPSA) is 35.5 Å². The number of benzene rings is 1. The maximum atomic E-state index is 10.5. The molecule has 1 aromatic rings. The Hall–Kier alpha value is -1.22. The lowest BCUT2D eigenvalue weighted by molar-refractivity contribution is -0.108. The van der Waals surface area contributed by atoms with E-state index in [1.807, 2.05) is 13.0 Å². The zero-order valence-corrected chi connectivity index (χ0v) is 10.4. The van der Waals surface area contributed by atoms with Crippen molar-refractivity contribution in [1.29, 1.82) is 0 Å². The summed E-state index contributed by atoms with van der Waals surface area (Å²) >= 11 is 6.12. The summed E-state index contributed by atoms with van der Waals surface area (Å²) in [6, 6.07) is 3.65. The van der Waals surface area contributed by atoms with Gasteiger partial charge in [-0.05, 0) is 17.5 Å². The van der Waals surface area contributed by atoms with E-state index in [-0.39, 0.29) is 5.92 Å². The third-order valence-corrected chi connectivity index (χ3v) is 2.85. The largest absolute Gasteiger partial charge is 0.495 e. The first kappa shape index (κ1) is 12.8. The smallest absolute Gasteiger partial charge is 0.144 e. The minimum Gasteiger partial charge on any atom is -0.495 e. The van der Waals surface area contributed by atoms with Crippen LogP contribution < -0.4 is 9.47 Å². The average molecular weight is 243 g/mol. The number of methoxy groups -OCH3 is 2. The molecule has 0 amide bonds. The molecule has 0 bridgehead atoms. The average Bonchev–Trinajstić information content (AvgIpc) is 2.28. The highest BCUT2D eigenvalue weighted by Gasteiger charge is 2.17. The second-order valence-electron chi connectivity index (χ2n) is 3.51. The predicted octanol–water partition coefficient (Wildman–Crippen LogP) is 3.05. The van der Waals surface area contributed by atoms with Crippen LogP contribution in [-0.2, 0) is 4.79 Å². The second kappa shape index (κ2) is 5.75. The van der Waals surface area contributed by atoms with Gasteiger partial charge in [0, 0.05) is 6.42 Å². The Balaban J connectivity index is 3.19. The van der Waals surface area contributed by atoms with Gasteiger partial charge in [0.15, 0.2) is 0 Å². The Bertz CT molecular complexity index is 377. The molecule has 88 valence electrons. The summed E-state index contributed by atoms with van der Waals surface area (Å²) in [4.78, 5) is 10.5. The molecule has 1 aromatic carbocycles. The normalized spacial score (nSPS) is 12.0. The van der Waals surface area contributed by atoms with Crippen molar-refractivity contribution >= 4 is 17.9 Å². The van der Waals surface area contributed by atoms with E-state index in [4.69, 9.17) is 21.1 Å². The highest BCUT2D eigenvalue weighted by atomic mass is 35.5. The van der Waals surface area contributed by atoms with Gasteiger partial charge in [-0.3, -0.25) is 0 Å². The van der Waals surface area contributed by atoms with Gasteiger partial charge >= 0.3 is 0 Å². The fraction of sp³-hybridized carbons (Fsp3) is 0.417.